The lowest BCUT2D eigenvalue weighted by Crippen LogP contribution is -1.82. The summed E-state index contributed by atoms with van der Waals surface area (Å²) in [7, 11) is 1.67. The zero-order valence-electron chi connectivity index (χ0n) is 8.08. The van der Waals surface area contributed by atoms with Crippen molar-refractivity contribution in [1.82, 2.24) is 0 Å². The fraction of sp³-hybridized carbons (Fsp3) is 0.167. The molecular weight excluding hydrogens is 160 g/mol. The molecule has 0 saturated heterocycles. The Labute approximate surface area is 79.4 Å². The van der Waals surface area contributed by atoms with E-state index in [-0.39, 0.29) is 0 Å². The molecule has 0 aromatic heterocycles. The highest BCUT2D eigenvalue weighted by Gasteiger charge is 1.90. The molecular formula is C12H14O. The molecule has 0 fully saturated rings. The molecule has 1 heteroatoms. The normalized spacial score (nSPS) is 10.3. The molecule has 0 atom stereocenters. The Hall–Kier alpha value is -1.50. The van der Waals surface area contributed by atoms with Crippen LogP contribution < -0.4 is 4.74 Å². The monoisotopic (exact) mass is 174 g/mol. The van der Waals surface area contributed by atoms with Gasteiger partial charge in [0.25, 0.3) is 0 Å². The average Bonchev–Trinajstić information content (AvgIpc) is 2.15. The van der Waals surface area contributed by atoms with Gasteiger partial charge in [0.1, 0.15) is 5.75 Å². The number of hydrogen-bond donors (Lipinski definition) is 0. The van der Waals surface area contributed by atoms with E-state index < -0.39 is 0 Å². The van der Waals surface area contributed by atoms with E-state index in [1.165, 1.54) is 0 Å². The van der Waals surface area contributed by atoms with E-state index in [4.69, 9.17) is 4.74 Å². The number of allylic oxidation sites excluding steroid dienone is 2. The van der Waals surface area contributed by atoms with Gasteiger partial charge in [-0.15, -0.1) is 0 Å². The molecule has 13 heavy (non-hydrogen) atoms. The van der Waals surface area contributed by atoms with Crippen molar-refractivity contribution in [3.8, 4) is 5.75 Å². The zero-order chi connectivity index (χ0) is 9.68. The van der Waals surface area contributed by atoms with Crippen LogP contribution >= 0.6 is 0 Å². The summed E-state index contributed by atoms with van der Waals surface area (Å²) < 4.78 is 5.11. The summed E-state index contributed by atoms with van der Waals surface area (Å²) in [5.41, 5.74) is 2.17. The van der Waals surface area contributed by atoms with Gasteiger partial charge in [-0.3, -0.25) is 0 Å². The molecule has 1 aromatic carbocycles. The second-order valence-electron chi connectivity index (χ2n) is 2.96. The van der Waals surface area contributed by atoms with Crippen LogP contribution in [0.3, 0.4) is 0 Å². The van der Waals surface area contributed by atoms with Gasteiger partial charge < -0.3 is 4.74 Å². The van der Waals surface area contributed by atoms with Gasteiger partial charge in [0.05, 0.1) is 7.11 Å². The molecule has 1 aromatic rings. The maximum absolute atomic E-state index is 5.11. The Morgan fingerprint density at radius 3 is 2.85 bits per heavy atom. The van der Waals surface area contributed by atoms with Crippen LogP contribution in [0.5, 0.6) is 5.75 Å². The average molecular weight is 174 g/mol. The van der Waals surface area contributed by atoms with Crippen LogP contribution in [-0.4, -0.2) is 7.11 Å². The van der Waals surface area contributed by atoms with E-state index in [9.17, 15) is 0 Å². The molecule has 1 rings (SSSR count). The van der Waals surface area contributed by atoms with Gasteiger partial charge in [-0.25, -0.2) is 0 Å². The van der Waals surface area contributed by atoms with Crippen molar-refractivity contribution >= 4 is 6.08 Å². The molecule has 0 aliphatic carbocycles. The molecule has 0 N–H and O–H groups in total. The van der Waals surface area contributed by atoms with Crippen molar-refractivity contribution < 1.29 is 4.74 Å². The molecule has 68 valence electrons. The van der Waals surface area contributed by atoms with Crippen LogP contribution in [0.1, 0.15) is 12.5 Å². The fourth-order valence-corrected chi connectivity index (χ4v) is 0.984. The molecule has 0 spiro atoms. The Kier molecular flexibility index (Phi) is 3.32. The van der Waals surface area contributed by atoms with Gasteiger partial charge in [0, 0.05) is 0 Å². The fourth-order valence-electron chi connectivity index (χ4n) is 0.984. The standard InChI is InChI=1S/C12H14O/c1-10(2)7-8-11-5-4-6-12(9-11)13-3/h4-9H,1H2,2-3H3/b8-7+. The van der Waals surface area contributed by atoms with Gasteiger partial charge in [0.15, 0.2) is 0 Å². The molecule has 0 bridgehead atoms. The SMILES string of the molecule is C=C(C)/C=C/c1cccc(OC)c1. The lowest BCUT2D eigenvalue weighted by Gasteiger charge is -1.99. The van der Waals surface area contributed by atoms with Gasteiger partial charge in [0.2, 0.25) is 0 Å². The van der Waals surface area contributed by atoms with Gasteiger partial charge in [-0.05, 0) is 24.6 Å². The van der Waals surface area contributed by atoms with Gasteiger partial charge in [-0.2, -0.15) is 0 Å². The van der Waals surface area contributed by atoms with E-state index in [1.807, 2.05) is 43.3 Å². The first-order valence-electron chi connectivity index (χ1n) is 4.20. The second-order valence-corrected chi connectivity index (χ2v) is 2.96. The topological polar surface area (TPSA) is 9.23 Å². The molecule has 0 saturated carbocycles. The summed E-state index contributed by atoms with van der Waals surface area (Å²) in [4.78, 5) is 0. The smallest absolute Gasteiger partial charge is 0.119 e. The largest absolute Gasteiger partial charge is 0.497 e. The minimum Gasteiger partial charge on any atom is -0.497 e. The van der Waals surface area contributed by atoms with E-state index in [1.54, 1.807) is 7.11 Å². The number of rotatable bonds is 3. The predicted octanol–water partition coefficient (Wildman–Crippen LogP) is 3.28. The first-order chi connectivity index (χ1) is 6.22. The van der Waals surface area contributed by atoms with Crippen molar-refractivity contribution in [2.75, 3.05) is 7.11 Å². The molecule has 0 aliphatic heterocycles. The number of hydrogen-bond acceptors (Lipinski definition) is 1. The van der Waals surface area contributed by atoms with Crippen molar-refractivity contribution in [2.45, 2.75) is 6.92 Å². The van der Waals surface area contributed by atoms with E-state index in [0.29, 0.717) is 0 Å². The van der Waals surface area contributed by atoms with Crippen molar-refractivity contribution in [3.63, 3.8) is 0 Å². The summed E-state index contributed by atoms with van der Waals surface area (Å²) in [6, 6.07) is 7.91. The Morgan fingerprint density at radius 1 is 1.46 bits per heavy atom. The van der Waals surface area contributed by atoms with Crippen LogP contribution in [0.25, 0.3) is 6.08 Å². The Bertz CT molecular complexity index is 324. The van der Waals surface area contributed by atoms with Gasteiger partial charge >= 0.3 is 0 Å². The lowest BCUT2D eigenvalue weighted by molar-refractivity contribution is 0.414. The van der Waals surface area contributed by atoms with E-state index in [0.717, 1.165) is 16.9 Å². The zero-order valence-corrected chi connectivity index (χ0v) is 8.08. The summed E-state index contributed by atoms with van der Waals surface area (Å²) in [5, 5.41) is 0. The second kappa shape index (κ2) is 4.51. The van der Waals surface area contributed by atoms with Crippen molar-refractivity contribution in [1.29, 1.82) is 0 Å². The summed E-state index contributed by atoms with van der Waals surface area (Å²) in [6.45, 7) is 5.76. The predicted molar refractivity (Wildman–Crippen MR) is 56.8 cm³/mol. The highest BCUT2D eigenvalue weighted by molar-refractivity contribution is 5.54. The quantitative estimate of drug-likeness (QED) is 0.639. The van der Waals surface area contributed by atoms with Crippen LogP contribution in [-0.2, 0) is 0 Å². The third kappa shape index (κ3) is 3.16. The molecule has 0 amide bonds. The minimum absolute atomic E-state index is 0.879. The van der Waals surface area contributed by atoms with Crippen LogP contribution in [0, 0.1) is 0 Å². The molecule has 1 nitrogen and oxygen atoms in total. The number of benzene rings is 1. The third-order valence-corrected chi connectivity index (χ3v) is 1.65. The Morgan fingerprint density at radius 2 is 2.23 bits per heavy atom. The molecule has 0 unspecified atom stereocenters. The third-order valence-electron chi connectivity index (χ3n) is 1.65. The van der Waals surface area contributed by atoms with Crippen LogP contribution in [0.15, 0.2) is 42.5 Å². The maximum Gasteiger partial charge on any atom is 0.119 e. The molecule has 0 aliphatic rings. The van der Waals surface area contributed by atoms with Gasteiger partial charge in [-0.1, -0.05) is 36.4 Å². The highest BCUT2D eigenvalue weighted by Crippen LogP contribution is 2.13. The van der Waals surface area contributed by atoms with E-state index in [2.05, 4.69) is 6.58 Å². The van der Waals surface area contributed by atoms with Crippen LogP contribution in [0.4, 0.5) is 0 Å². The number of methoxy groups -OCH3 is 1. The van der Waals surface area contributed by atoms with Crippen LogP contribution in [0.2, 0.25) is 0 Å². The maximum atomic E-state index is 5.11. The minimum atomic E-state index is 0.879. The summed E-state index contributed by atoms with van der Waals surface area (Å²) >= 11 is 0. The highest BCUT2D eigenvalue weighted by atomic mass is 16.5. The first kappa shape index (κ1) is 9.59. The summed E-state index contributed by atoms with van der Waals surface area (Å²) in [6.07, 6.45) is 4.00. The lowest BCUT2D eigenvalue weighted by atomic mass is 10.2. The van der Waals surface area contributed by atoms with E-state index >= 15 is 0 Å². The first-order valence-corrected chi connectivity index (χ1v) is 4.20. The number of ether oxygens (including phenoxy) is 1. The van der Waals surface area contributed by atoms with Crippen molar-refractivity contribution in [2.24, 2.45) is 0 Å². The summed E-state index contributed by atoms with van der Waals surface area (Å²) in [5.74, 6) is 0.879. The Balaban J connectivity index is 2.83. The molecule has 0 heterocycles. The van der Waals surface area contributed by atoms with Crippen molar-refractivity contribution in [3.05, 3.63) is 48.1 Å². The molecule has 0 radical (unpaired) electrons.